The molecule has 2 saturated heterocycles. The van der Waals surface area contributed by atoms with Crippen LogP contribution >= 0.6 is 0 Å². The van der Waals surface area contributed by atoms with E-state index in [2.05, 4.69) is 29.2 Å². The summed E-state index contributed by atoms with van der Waals surface area (Å²) in [6, 6.07) is 20.0. The molecule has 0 aromatic heterocycles. The van der Waals surface area contributed by atoms with Gasteiger partial charge < -0.3 is 9.64 Å². The smallest absolute Gasteiger partial charge is 0.327 e. The van der Waals surface area contributed by atoms with Gasteiger partial charge in [0, 0.05) is 39.9 Å². The molecule has 6 nitrogen and oxygen atoms in total. The minimum atomic E-state index is -0.729. The molecular formula is C25H31N3O3. The Labute approximate surface area is 184 Å². The Morgan fingerprint density at radius 3 is 2.03 bits per heavy atom. The number of methoxy groups -OCH3 is 1. The zero-order chi connectivity index (χ0) is 21.7. The highest BCUT2D eigenvalue weighted by Crippen LogP contribution is 2.38. The van der Waals surface area contributed by atoms with Gasteiger partial charge in [0.25, 0.3) is 5.91 Å². The van der Waals surface area contributed by atoms with Crippen molar-refractivity contribution in [2.45, 2.75) is 37.9 Å². The van der Waals surface area contributed by atoms with E-state index in [0.717, 1.165) is 31.6 Å². The van der Waals surface area contributed by atoms with Gasteiger partial charge >= 0.3 is 6.03 Å². The number of rotatable bonds is 8. The Morgan fingerprint density at radius 1 is 0.871 bits per heavy atom. The first-order valence-electron chi connectivity index (χ1n) is 11.1. The molecule has 0 radical (unpaired) electrons. The quantitative estimate of drug-likeness (QED) is 0.483. The molecule has 1 spiro atoms. The summed E-state index contributed by atoms with van der Waals surface area (Å²) in [4.78, 5) is 32.6. The number of ether oxygens (including phenoxy) is 1. The second-order valence-corrected chi connectivity index (χ2v) is 8.45. The van der Waals surface area contributed by atoms with E-state index in [4.69, 9.17) is 4.74 Å². The lowest BCUT2D eigenvalue weighted by Gasteiger charge is -2.42. The fourth-order valence-electron chi connectivity index (χ4n) is 4.77. The highest BCUT2D eigenvalue weighted by Gasteiger charge is 2.57. The topological polar surface area (TPSA) is 53.1 Å². The average molecular weight is 422 g/mol. The number of carbonyl (C=O) groups excluding carboxylic acids is 2. The lowest BCUT2D eigenvalue weighted by Crippen LogP contribution is -2.56. The molecule has 2 aliphatic rings. The Hall–Kier alpha value is -2.70. The third-order valence-corrected chi connectivity index (χ3v) is 6.47. The SMILES string of the molecule is COCCCN1C(=O)N(Cc2ccccc2)C(=O)C12CCN(Cc1ccccc1)CC2. The monoisotopic (exact) mass is 421 g/mol. The molecule has 6 heteroatoms. The predicted octanol–water partition coefficient (Wildman–Crippen LogP) is 3.52. The molecule has 0 saturated carbocycles. The summed E-state index contributed by atoms with van der Waals surface area (Å²) < 4.78 is 5.20. The summed E-state index contributed by atoms with van der Waals surface area (Å²) >= 11 is 0. The van der Waals surface area contributed by atoms with Gasteiger partial charge in [0.15, 0.2) is 0 Å². The molecule has 2 aliphatic heterocycles. The van der Waals surface area contributed by atoms with Crippen molar-refractivity contribution < 1.29 is 14.3 Å². The predicted molar refractivity (Wildman–Crippen MR) is 119 cm³/mol. The Morgan fingerprint density at radius 2 is 1.45 bits per heavy atom. The lowest BCUT2D eigenvalue weighted by molar-refractivity contribution is -0.136. The van der Waals surface area contributed by atoms with Gasteiger partial charge in [-0.05, 0) is 30.4 Å². The van der Waals surface area contributed by atoms with E-state index in [1.165, 1.54) is 10.5 Å². The number of urea groups is 1. The third-order valence-electron chi connectivity index (χ3n) is 6.47. The van der Waals surface area contributed by atoms with Crippen molar-refractivity contribution in [1.29, 1.82) is 0 Å². The zero-order valence-corrected chi connectivity index (χ0v) is 18.2. The van der Waals surface area contributed by atoms with Crippen LogP contribution in [-0.2, 0) is 22.6 Å². The first-order valence-corrected chi connectivity index (χ1v) is 11.1. The molecule has 3 amide bonds. The van der Waals surface area contributed by atoms with Gasteiger partial charge in [-0.2, -0.15) is 0 Å². The molecule has 164 valence electrons. The van der Waals surface area contributed by atoms with E-state index in [1.807, 2.05) is 41.3 Å². The van der Waals surface area contributed by atoms with Crippen LogP contribution in [0.15, 0.2) is 60.7 Å². The lowest BCUT2D eigenvalue weighted by atomic mass is 9.85. The summed E-state index contributed by atoms with van der Waals surface area (Å²) in [5, 5.41) is 0. The second kappa shape index (κ2) is 9.62. The van der Waals surface area contributed by atoms with Gasteiger partial charge in [0.05, 0.1) is 6.54 Å². The molecule has 0 bridgehead atoms. The van der Waals surface area contributed by atoms with Crippen molar-refractivity contribution in [2.24, 2.45) is 0 Å². The van der Waals surface area contributed by atoms with Crippen molar-refractivity contribution in [3.8, 4) is 0 Å². The summed E-state index contributed by atoms with van der Waals surface area (Å²) in [5.74, 6) is -0.0434. The Balaban J connectivity index is 1.50. The van der Waals surface area contributed by atoms with E-state index in [9.17, 15) is 9.59 Å². The Bertz CT molecular complexity index is 879. The van der Waals surface area contributed by atoms with Crippen LogP contribution in [0.3, 0.4) is 0 Å². The van der Waals surface area contributed by atoms with Crippen molar-refractivity contribution in [2.75, 3.05) is 33.4 Å². The maximum atomic E-state index is 13.6. The van der Waals surface area contributed by atoms with Gasteiger partial charge in [-0.25, -0.2) is 4.79 Å². The van der Waals surface area contributed by atoms with Crippen LogP contribution in [0.1, 0.15) is 30.4 Å². The van der Waals surface area contributed by atoms with E-state index >= 15 is 0 Å². The minimum Gasteiger partial charge on any atom is -0.385 e. The number of carbonyl (C=O) groups is 2. The van der Waals surface area contributed by atoms with Crippen molar-refractivity contribution in [1.82, 2.24) is 14.7 Å². The molecule has 31 heavy (non-hydrogen) atoms. The first kappa shape index (κ1) is 21.5. The number of benzene rings is 2. The van der Waals surface area contributed by atoms with Crippen molar-refractivity contribution in [3.05, 3.63) is 71.8 Å². The molecule has 0 atom stereocenters. The fraction of sp³-hybridized carbons (Fsp3) is 0.440. The van der Waals surface area contributed by atoms with Gasteiger partial charge in [0.2, 0.25) is 0 Å². The second-order valence-electron chi connectivity index (χ2n) is 8.45. The number of hydrogen-bond acceptors (Lipinski definition) is 4. The van der Waals surface area contributed by atoms with E-state index in [0.29, 0.717) is 32.5 Å². The van der Waals surface area contributed by atoms with Crippen LogP contribution < -0.4 is 0 Å². The van der Waals surface area contributed by atoms with Crippen LogP contribution in [0.25, 0.3) is 0 Å². The summed E-state index contributed by atoms with van der Waals surface area (Å²) in [6.45, 7) is 3.92. The van der Waals surface area contributed by atoms with E-state index < -0.39 is 5.54 Å². The molecular weight excluding hydrogens is 390 g/mol. The van der Waals surface area contributed by atoms with Gasteiger partial charge in [-0.1, -0.05) is 60.7 Å². The zero-order valence-electron chi connectivity index (χ0n) is 18.2. The number of hydrogen-bond donors (Lipinski definition) is 0. The highest BCUT2D eigenvalue weighted by molar-refractivity contribution is 6.07. The van der Waals surface area contributed by atoms with Gasteiger partial charge in [-0.3, -0.25) is 14.6 Å². The van der Waals surface area contributed by atoms with Crippen LogP contribution in [0.2, 0.25) is 0 Å². The highest BCUT2D eigenvalue weighted by atomic mass is 16.5. The Kier molecular flexibility index (Phi) is 6.68. The number of nitrogens with zero attached hydrogens (tertiary/aromatic N) is 3. The molecule has 4 rings (SSSR count). The van der Waals surface area contributed by atoms with Gasteiger partial charge in [0.1, 0.15) is 5.54 Å². The maximum absolute atomic E-state index is 13.6. The average Bonchev–Trinajstić information content (AvgIpc) is 2.99. The van der Waals surface area contributed by atoms with Crippen LogP contribution in [-0.4, -0.2) is 65.5 Å². The molecule has 0 N–H and O–H groups in total. The molecule has 2 aromatic carbocycles. The van der Waals surface area contributed by atoms with Crippen molar-refractivity contribution in [3.63, 3.8) is 0 Å². The number of likely N-dealkylation sites (tertiary alicyclic amines) is 1. The summed E-state index contributed by atoms with van der Waals surface area (Å²) in [7, 11) is 1.66. The first-order chi connectivity index (χ1) is 15.1. The normalized spacial score (nSPS) is 18.9. The molecule has 0 aliphatic carbocycles. The van der Waals surface area contributed by atoms with E-state index in [-0.39, 0.29) is 11.9 Å². The maximum Gasteiger partial charge on any atom is 0.327 e. The largest absolute Gasteiger partial charge is 0.385 e. The fourth-order valence-corrected chi connectivity index (χ4v) is 4.77. The van der Waals surface area contributed by atoms with Gasteiger partial charge in [-0.15, -0.1) is 0 Å². The molecule has 2 aromatic rings. The number of amides is 3. The standard InChI is InChI=1S/C25H31N3O3/c1-31-18-8-15-28-24(30)27(20-22-11-6-3-7-12-22)23(29)25(28)13-16-26(17-14-25)19-21-9-4-2-5-10-21/h2-7,9-12H,8,13-20H2,1H3. The minimum absolute atomic E-state index is 0.0434. The molecule has 0 unspecified atom stereocenters. The summed E-state index contributed by atoms with van der Waals surface area (Å²) in [6.07, 6.45) is 2.07. The van der Waals surface area contributed by atoms with Crippen LogP contribution in [0.4, 0.5) is 4.79 Å². The molecule has 2 heterocycles. The van der Waals surface area contributed by atoms with Crippen LogP contribution in [0, 0.1) is 0 Å². The summed E-state index contributed by atoms with van der Waals surface area (Å²) in [5.41, 5.74) is 1.52. The molecule has 2 fully saturated rings. The van der Waals surface area contributed by atoms with Crippen LogP contribution in [0.5, 0.6) is 0 Å². The number of piperidine rings is 1. The third kappa shape index (κ3) is 4.50. The van der Waals surface area contributed by atoms with E-state index in [1.54, 1.807) is 7.11 Å². The number of imide groups is 1. The van der Waals surface area contributed by atoms with Crippen molar-refractivity contribution >= 4 is 11.9 Å².